The van der Waals surface area contributed by atoms with Crippen LogP contribution in [-0.2, 0) is 9.59 Å². The van der Waals surface area contributed by atoms with Gasteiger partial charge in [0.1, 0.15) is 5.76 Å². The summed E-state index contributed by atoms with van der Waals surface area (Å²) in [7, 11) is 0. The number of carbonyl (C=O) groups excluding carboxylic acids is 2. The Morgan fingerprint density at radius 2 is 1.88 bits per heavy atom. The molecule has 1 aliphatic carbocycles. The quantitative estimate of drug-likeness (QED) is 0.537. The number of hydrogen-bond acceptors (Lipinski definition) is 3. The van der Waals surface area contributed by atoms with E-state index in [0.717, 1.165) is 0 Å². The van der Waals surface area contributed by atoms with Crippen molar-refractivity contribution in [1.29, 1.82) is 0 Å². The molecule has 0 bridgehead atoms. The standard InChI is InChI=1S/C13H14O3/c1-13(2)7-11(14)10(12(15)8-13)6-9-4-3-5-16-9/h3-6H,7-8H2,1-2H3. The van der Waals surface area contributed by atoms with Crippen LogP contribution < -0.4 is 0 Å². The van der Waals surface area contributed by atoms with Crippen molar-refractivity contribution in [3.05, 3.63) is 29.7 Å². The topological polar surface area (TPSA) is 47.3 Å². The van der Waals surface area contributed by atoms with Gasteiger partial charge >= 0.3 is 0 Å². The van der Waals surface area contributed by atoms with E-state index in [1.54, 1.807) is 18.2 Å². The normalized spacial score (nSPS) is 20.0. The van der Waals surface area contributed by atoms with Crippen LogP contribution in [0.1, 0.15) is 32.4 Å². The van der Waals surface area contributed by atoms with Gasteiger partial charge in [0, 0.05) is 12.8 Å². The number of rotatable bonds is 1. The Balaban J connectivity index is 2.30. The monoisotopic (exact) mass is 218 g/mol. The Bertz CT molecular complexity index is 428. The second-order valence-electron chi connectivity index (χ2n) is 4.94. The highest BCUT2D eigenvalue weighted by Gasteiger charge is 2.35. The first-order valence-corrected chi connectivity index (χ1v) is 5.29. The van der Waals surface area contributed by atoms with E-state index in [2.05, 4.69) is 0 Å². The molecule has 84 valence electrons. The molecule has 0 radical (unpaired) electrons. The Hall–Kier alpha value is -1.64. The molecular formula is C13H14O3. The van der Waals surface area contributed by atoms with Crippen molar-refractivity contribution >= 4 is 17.6 Å². The maximum absolute atomic E-state index is 11.8. The van der Waals surface area contributed by atoms with Crippen molar-refractivity contribution in [1.82, 2.24) is 0 Å². The van der Waals surface area contributed by atoms with E-state index in [1.165, 1.54) is 6.26 Å². The van der Waals surface area contributed by atoms with Crippen molar-refractivity contribution in [2.24, 2.45) is 5.41 Å². The fourth-order valence-electron chi connectivity index (χ4n) is 1.95. The van der Waals surface area contributed by atoms with Crippen LogP contribution in [-0.4, -0.2) is 11.6 Å². The van der Waals surface area contributed by atoms with Crippen LogP contribution in [0.3, 0.4) is 0 Å². The molecule has 0 N–H and O–H groups in total. The summed E-state index contributed by atoms with van der Waals surface area (Å²) in [6.45, 7) is 3.87. The summed E-state index contributed by atoms with van der Waals surface area (Å²) in [5, 5.41) is 0. The van der Waals surface area contributed by atoms with E-state index in [0.29, 0.717) is 18.6 Å². The molecule has 0 spiro atoms. The third kappa shape index (κ3) is 2.13. The van der Waals surface area contributed by atoms with E-state index in [4.69, 9.17) is 4.42 Å². The molecule has 3 heteroatoms. The zero-order chi connectivity index (χ0) is 11.8. The summed E-state index contributed by atoms with van der Waals surface area (Å²) in [5.74, 6) is 0.381. The summed E-state index contributed by atoms with van der Waals surface area (Å²) in [6.07, 6.45) is 3.91. The maximum Gasteiger partial charge on any atom is 0.167 e. The van der Waals surface area contributed by atoms with Gasteiger partial charge in [-0.05, 0) is 23.6 Å². The zero-order valence-electron chi connectivity index (χ0n) is 9.45. The average Bonchev–Trinajstić information content (AvgIpc) is 2.62. The highest BCUT2D eigenvalue weighted by molar-refractivity contribution is 6.25. The molecule has 0 amide bonds. The van der Waals surface area contributed by atoms with Crippen molar-refractivity contribution in [3.8, 4) is 0 Å². The van der Waals surface area contributed by atoms with Gasteiger partial charge in [-0.2, -0.15) is 0 Å². The smallest absolute Gasteiger partial charge is 0.167 e. The molecule has 0 atom stereocenters. The molecular weight excluding hydrogens is 204 g/mol. The van der Waals surface area contributed by atoms with Crippen molar-refractivity contribution < 1.29 is 14.0 Å². The highest BCUT2D eigenvalue weighted by Crippen LogP contribution is 2.34. The minimum Gasteiger partial charge on any atom is -0.465 e. The predicted molar refractivity (Wildman–Crippen MR) is 59.7 cm³/mol. The molecule has 1 heterocycles. The van der Waals surface area contributed by atoms with Crippen LogP contribution in [0.5, 0.6) is 0 Å². The minimum absolute atomic E-state index is 0.0855. The number of Topliss-reactive ketones (excluding diaryl/α,β-unsaturated/α-hetero) is 2. The fraction of sp³-hybridized carbons (Fsp3) is 0.385. The molecule has 1 aromatic rings. The van der Waals surface area contributed by atoms with E-state index in [-0.39, 0.29) is 22.6 Å². The summed E-state index contributed by atoms with van der Waals surface area (Å²) in [4.78, 5) is 23.6. The zero-order valence-corrected chi connectivity index (χ0v) is 9.45. The van der Waals surface area contributed by atoms with E-state index in [1.807, 2.05) is 13.8 Å². The lowest BCUT2D eigenvalue weighted by Crippen LogP contribution is -2.31. The van der Waals surface area contributed by atoms with Crippen LogP contribution in [0.25, 0.3) is 6.08 Å². The lowest BCUT2D eigenvalue weighted by atomic mass is 9.74. The number of allylic oxidation sites excluding steroid dienone is 1. The molecule has 1 saturated carbocycles. The highest BCUT2D eigenvalue weighted by atomic mass is 16.3. The minimum atomic E-state index is -0.214. The van der Waals surface area contributed by atoms with Gasteiger partial charge in [0.05, 0.1) is 11.8 Å². The number of ketones is 2. The summed E-state index contributed by atoms with van der Waals surface area (Å²) in [5.41, 5.74) is 0.0589. The first-order chi connectivity index (χ1) is 7.48. The molecule has 1 aromatic heterocycles. The van der Waals surface area contributed by atoms with Crippen LogP contribution in [0, 0.1) is 5.41 Å². The van der Waals surface area contributed by atoms with Gasteiger partial charge in [-0.25, -0.2) is 0 Å². The molecule has 1 fully saturated rings. The number of carbonyl (C=O) groups is 2. The second-order valence-corrected chi connectivity index (χ2v) is 4.94. The van der Waals surface area contributed by atoms with Gasteiger partial charge in [-0.3, -0.25) is 9.59 Å². The van der Waals surface area contributed by atoms with Crippen LogP contribution >= 0.6 is 0 Å². The number of furan rings is 1. The second kappa shape index (κ2) is 3.74. The average molecular weight is 218 g/mol. The summed E-state index contributed by atoms with van der Waals surface area (Å²) < 4.78 is 5.10. The van der Waals surface area contributed by atoms with E-state index in [9.17, 15) is 9.59 Å². The Labute approximate surface area is 94.1 Å². The van der Waals surface area contributed by atoms with Crippen LogP contribution in [0.15, 0.2) is 28.4 Å². The lowest BCUT2D eigenvalue weighted by Gasteiger charge is -2.28. The number of hydrogen-bond donors (Lipinski definition) is 0. The molecule has 3 nitrogen and oxygen atoms in total. The van der Waals surface area contributed by atoms with E-state index < -0.39 is 0 Å². The third-order valence-electron chi connectivity index (χ3n) is 2.71. The largest absolute Gasteiger partial charge is 0.465 e. The van der Waals surface area contributed by atoms with Crippen molar-refractivity contribution in [2.45, 2.75) is 26.7 Å². The Morgan fingerprint density at radius 1 is 1.25 bits per heavy atom. The SMILES string of the molecule is CC1(C)CC(=O)C(=Cc2ccco2)C(=O)C1. The predicted octanol–water partition coefficient (Wildman–Crippen LogP) is 2.62. The van der Waals surface area contributed by atoms with Crippen LogP contribution in [0.4, 0.5) is 0 Å². The summed E-state index contributed by atoms with van der Waals surface area (Å²) >= 11 is 0. The van der Waals surface area contributed by atoms with Gasteiger partial charge in [0.15, 0.2) is 11.6 Å². The van der Waals surface area contributed by atoms with Crippen molar-refractivity contribution in [2.75, 3.05) is 0 Å². The van der Waals surface area contributed by atoms with Gasteiger partial charge < -0.3 is 4.42 Å². The summed E-state index contributed by atoms with van der Waals surface area (Å²) in [6, 6.07) is 3.46. The van der Waals surface area contributed by atoms with Crippen LogP contribution in [0.2, 0.25) is 0 Å². The lowest BCUT2D eigenvalue weighted by molar-refractivity contribution is -0.127. The third-order valence-corrected chi connectivity index (χ3v) is 2.71. The fourth-order valence-corrected chi connectivity index (χ4v) is 1.95. The first-order valence-electron chi connectivity index (χ1n) is 5.29. The Morgan fingerprint density at radius 3 is 2.38 bits per heavy atom. The van der Waals surface area contributed by atoms with E-state index >= 15 is 0 Å². The van der Waals surface area contributed by atoms with Gasteiger partial charge in [0.25, 0.3) is 0 Å². The molecule has 16 heavy (non-hydrogen) atoms. The Kier molecular flexibility index (Phi) is 2.54. The molecule has 0 saturated heterocycles. The van der Waals surface area contributed by atoms with Gasteiger partial charge in [0.2, 0.25) is 0 Å². The maximum atomic E-state index is 11.8. The first kappa shape index (κ1) is 10.9. The molecule has 0 aliphatic heterocycles. The van der Waals surface area contributed by atoms with Gasteiger partial charge in [-0.1, -0.05) is 13.8 Å². The molecule has 0 unspecified atom stereocenters. The van der Waals surface area contributed by atoms with Gasteiger partial charge in [-0.15, -0.1) is 0 Å². The molecule has 0 aromatic carbocycles. The van der Waals surface area contributed by atoms with Crippen molar-refractivity contribution in [3.63, 3.8) is 0 Å². The molecule has 1 aliphatic rings. The molecule has 2 rings (SSSR count).